The molecular formula is C15H19N3S. The van der Waals surface area contributed by atoms with Gasteiger partial charge in [0.15, 0.2) is 0 Å². The molecule has 0 saturated carbocycles. The lowest BCUT2D eigenvalue weighted by Gasteiger charge is -2.33. The maximum absolute atomic E-state index is 5.77. The minimum atomic E-state index is 0.487. The monoisotopic (exact) mass is 273 g/mol. The maximum atomic E-state index is 5.77. The van der Waals surface area contributed by atoms with E-state index in [0.717, 1.165) is 25.2 Å². The zero-order valence-electron chi connectivity index (χ0n) is 11.2. The van der Waals surface area contributed by atoms with Crippen LogP contribution in [0.25, 0.3) is 0 Å². The van der Waals surface area contributed by atoms with Crippen molar-refractivity contribution in [2.45, 2.75) is 32.5 Å². The molecule has 2 N–H and O–H groups in total. The summed E-state index contributed by atoms with van der Waals surface area (Å²) in [6.07, 6.45) is 2.98. The number of rotatable bonds is 3. The lowest BCUT2D eigenvalue weighted by molar-refractivity contribution is 0.190. The quantitative estimate of drug-likeness (QED) is 0.935. The molecule has 3 nitrogen and oxygen atoms in total. The maximum Gasteiger partial charge on any atom is 0.0584 e. The molecule has 0 saturated heterocycles. The van der Waals surface area contributed by atoms with Crippen molar-refractivity contribution in [3.05, 3.63) is 51.5 Å². The molecule has 3 rings (SSSR count). The summed E-state index contributed by atoms with van der Waals surface area (Å²) < 4.78 is 0. The third-order valence-electron chi connectivity index (χ3n) is 3.96. The van der Waals surface area contributed by atoms with Crippen LogP contribution in [0.3, 0.4) is 0 Å². The Balaban J connectivity index is 1.81. The fourth-order valence-electron chi connectivity index (χ4n) is 2.80. The second-order valence-electron chi connectivity index (χ2n) is 5.01. The molecule has 1 unspecified atom stereocenters. The number of aromatic nitrogens is 1. The smallest absolute Gasteiger partial charge is 0.0584 e. The lowest BCUT2D eigenvalue weighted by Crippen LogP contribution is -2.33. The van der Waals surface area contributed by atoms with E-state index >= 15 is 0 Å². The Labute approximate surface area is 118 Å². The van der Waals surface area contributed by atoms with Crippen LogP contribution >= 0.6 is 11.3 Å². The van der Waals surface area contributed by atoms with E-state index in [1.807, 2.05) is 23.6 Å². The molecule has 0 radical (unpaired) electrons. The lowest BCUT2D eigenvalue weighted by atomic mass is 10.0. The van der Waals surface area contributed by atoms with Gasteiger partial charge in [0, 0.05) is 36.8 Å². The van der Waals surface area contributed by atoms with Crippen LogP contribution in [0.5, 0.6) is 0 Å². The molecule has 1 atom stereocenters. The number of nitrogens with zero attached hydrogens (tertiary/aromatic N) is 2. The van der Waals surface area contributed by atoms with Crippen LogP contribution < -0.4 is 5.73 Å². The van der Waals surface area contributed by atoms with Gasteiger partial charge < -0.3 is 5.73 Å². The van der Waals surface area contributed by atoms with Gasteiger partial charge in [0.1, 0.15) is 0 Å². The van der Waals surface area contributed by atoms with Crippen molar-refractivity contribution in [2.75, 3.05) is 6.54 Å². The highest BCUT2D eigenvalue weighted by Gasteiger charge is 2.25. The fraction of sp³-hybridized carbons (Fsp3) is 0.400. The zero-order chi connectivity index (χ0) is 13.2. The molecule has 2 aromatic heterocycles. The molecule has 0 aromatic carbocycles. The van der Waals surface area contributed by atoms with Gasteiger partial charge in [-0.3, -0.25) is 9.88 Å². The summed E-state index contributed by atoms with van der Waals surface area (Å²) in [5, 5.41) is 2.21. The van der Waals surface area contributed by atoms with Crippen LogP contribution in [0.4, 0.5) is 0 Å². The molecule has 1 aliphatic heterocycles. The topological polar surface area (TPSA) is 42.2 Å². The minimum absolute atomic E-state index is 0.487. The summed E-state index contributed by atoms with van der Waals surface area (Å²) in [4.78, 5) is 8.44. The highest BCUT2D eigenvalue weighted by molar-refractivity contribution is 7.10. The molecule has 0 aliphatic carbocycles. The van der Waals surface area contributed by atoms with E-state index in [1.54, 1.807) is 4.88 Å². The summed E-state index contributed by atoms with van der Waals surface area (Å²) >= 11 is 1.89. The van der Waals surface area contributed by atoms with E-state index in [9.17, 15) is 0 Å². The van der Waals surface area contributed by atoms with E-state index in [2.05, 4.69) is 34.3 Å². The first-order chi connectivity index (χ1) is 9.29. The first-order valence-corrected chi connectivity index (χ1v) is 7.60. The third-order valence-corrected chi connectivity index (χ3v) is 4.95. The normalized spacial score (nSPS) is 19.4. The van der Waals surface area contributed by atoms with Crippen LogP contribution in [-0.4, -0.2) is 16.4 Å². The highest BCUT2D eigenvalue weighted by atomic mass is 32.1. The van der Waals surface area contributed by atoms with Gasteiger partial charge in [-0.15, -0.1) is 11.3 Å². The first-order valence-electron chi connectivity index (χ1n) is 6.72. The average molecular weight is 273 g/mol. The molecule has 0 amide bonds. The van der Waals surface area contributed by atoms with Gasteiger partial charge in [0.2, 0.25) is 0 Å². The van der Waals surface area contributed by atoms with Gasteiger partial charge in [-0.1, -0.05) is 6.07 Å². The van der Waals surface area contributed by atoms with E-state index in [4.69, 9.17) is 5.73 Å². The zero-order valence-corrected chi connectivity index (χ0v) is 12.0. The Morgan fingerprint density at radius 2 is 2.37 bits per heavy atom. The van der Waals surface area contributed by atoms with Gasteiger partial charge in [-0.2, -0.15) is 0 Å². The Bertz CT molecular complexity index is 564. The SMILES string of the molecule is CC1c2ccsc2CCN1Cc1cccnc1CN. The fourth-order valence-corrected chi connectivity index (χ4v) is 3.76. The van der Waals surface area contributed by atoms with Crippen molar-refractivity contribution in [2.24, 2.45) is 5.73 Å². The molecule has 0 bridgehead atoms. The van der Waals surface area contributed by atoms with Crippen molar-refractivity contribution in [1.82, 2.24) is 9.88 Å². The number of hydrogen-bond donors (Lipinski definition) is 1. The molecule has 19 heavy (non-hydrogen) atoms. The van der Waals surface area contributed by atoms with Crippen LogP contribution in [0.2, 0.25) is 0 Å². The average Bonchev–Trinajstić information content (AvgIpc) is 2.92. The Kier molecular flexibility index (Phi) is 3.64. The molecule has 0 fully saturated rings. The van der Waals surface area contributed by atoms with Gasteiger partial charge in [-0.25, -0.2) is 0 Å². The molecule has 100 valence electrons. The number of pyridine rings is 1. The van der Waals surface area contributed by atoms with Crippen molar-refractivity contribution in [1.29, 1.82) is 0 Å². The van der Waals surface area contributed by atoms with Crippen LogP contribution in [0, 0.1) is 0 Å². The molecular weight excluding hydrogens is 254 g/mol. The van der Waals surface area contributed by atoms with Crippen LogP contribution in [0.1, 0.15) is 34.7 Å². The van der Waals surface area contributed by atoms with Crippen molar-refractivity contribution in [3.8, 4) is 0 Å². The van der Waals surface area contributed by atoms with E-state index in [1.165, 1.54) is 11.1 Å². The van der Waals surface area contributed by atoms with Crippen molar-refractivity contribution in [3.63, 3.8) is 0 Å². The summed E-state index contributed by atoms with van der Waals surface area (Å²) in [7, 11) is 0. The van der Waals surface area contributed by atoms with Gasteiger partial charge >= 0.3 is 0 Å². The Morgan fingerprint density at radius 1 is 1.47 bits per heavy atom. The van der Waals surface area contributed by atoms with Crippen molar-refractivity contribution < 1.29 is 0 Å². The van der Waals surface area contributed by atoms with E-state index < -0.39 is 0 Å². The summed E-state index contributed by atoms with van der Waals surface area (Å²) in [5.74, 6) is 0. The number of thiophene rings is 1. The second kappa shape index (κ2) is 5.41. The standard InChI is InChI=1S/C15H19N3S/c1-11-13-5-8-19-15(13)4-7-18(11)10-12-3-2-6-17-14(12)9-16/h2-3,5-6,8,11H,4,7,9-10,16H2,1H3. The molecule has 1 aliphatic rings. The number of fused-ring (bicyclic) bond motifs is 1. The van der Waals surface area contributed by atoms with E-state index in [-0.39, 0.29) is 0 Å². The predicted molar refractivity (Wildman–Crippen MR) is 79.0 cm³/mol. The molecule has 4 heteroatoms. The predicted octanol–water partition coefficient (Wildman–Crippen LogP) is 2.72. The van der Waals surface area contributed by atoms with Crippen LogP contribution in [0.15, 0.2) is 29.8 Å². The summed E-state index contributed by atoms with van der Waals surface area (Å²) in [6, 6.07) is 6.90. The third kappa shape index (κ3) is 2.43. The van der Waals surface area contributed by atoms with Gasteiger partial charge in [0.05, 0.1) is 5.69 Å². The molecule has 2 aromatic rings. The van der Waals surface area contributed by atoms with Gasteiger partial charge in [0.25, 0.3) is 0 Å². The molecule has 0 spiro atoms. The van der Waals surface area contributed by atoms with Crippen LogP contribution in [-0.2, 0) is 19.5 Å². The van der Waals surface area contributed by atoms with E-state index in [0.29, 0.717) is 12.6 Å². The minimum Gasteiger partial charge on any atom is -0.325 e. The van der Waals surface area contributed by atoms with Gasteiger partial charge in [-0.05, 0) is 42.0 Å². The summed E-state index contributed by atoms with van der Waals surface area (Å²) in [5.41, 5.74) is 9.54. The number of nitrogens with two attached hydrogens (primary N) is 1. The highest BCUT2D eigenvalue weighted by Crippen LogP contribution is 2.33. The second-order valence-corrected chi connectivity index (χ2v) is 6.01. The largest absolute Gasteiger partial charge is 0.325 e. The Morgan fingerprint density at radius 3 is 3.21 bits per heavy atom. The summed E-state index contributed by atoms with van der Waals surface area (Å²) in [6.45, 7) is 4.87. The van der Waals surface area contributed by atoms with Crippen molar-refractivity contribution >= 4 is 11.3 Å². The number of hydrogen-bond acceptors (Lipinski definition) is 4. The Hall–Kier alpha value is -1.23. The first kappa shape index (κ1) is 12.8. The molecule has 3 heterocycles.